The van der Waals surface area contributed by atoms with E-state index in [2.05, 4.69) is 20.1 Å². The normalized spacial score (nSPS) is 10.9. The summed E-state index contributed by atoms with van der Waals surface area (Å²) in [5.41, 5.74) is 0.660. The van der Waals surface area contributed by atoms with E-state index < -0.39 is 0 Å². The first-order valence-corrected chi connectivity index (χ1v) is 6.01. The lowest BCUT2D eigenvalue weighted by atomic mass is 10.4. The molecule has 0 aromatic carbocycles. The second-order valence-electron chi connectivity index (χ2n) is 3.35. The van der Waals surface area contributed by atoms with Crippen molar-refractivity contribution in [3.05, 3.63) is 29.9 Å². The molecule has 0 unspecified atom stereocenters. The number of imidazole rings is 1. The van der Waals surface area contributed by atoms with Crippen LogP contribution in [0.2, 0.25) is 0 Å². The van der Waals surface area contributed by atoms with E-state index in [9.17, 15) is 0 Å². The Labute approximate surface area is 101 Å². The van der Waals surface area contributed by atoms with Crippen molar-refractivity contribution in [2.75, 3.05) is 0 Å². The van der Waals surface area contributed by atoms with Gasteiger partial charge in [0.25, 0.3) is 5.89 Å². The highest BCUT2D eigenvalue weighted by atomic mass is 32.1. The maximum absolute atomic E-state index is 5.12. The van der Waals surface area contributed by atoms with Crippen molar-refractivity contribution in [1.29, 1.82) is 0 Å². The SMILES string of the molecule is CCc1noc(-c2cn(-c3nccs3)cn2)n1. The molecule has 3 aromatic heterocycles. The van der Waals surface area contributed by atoms with Crippen molar-refractivity contribution < 1.29 is 4.52 Å². The Hall–Kier alpha value is -2.02. The molecule has 0 spiro atoms. The first-order chi connectivity index (χ1) is 8.36. The van der Waals surface area contributed by atoms with Crippen LogP contribution in [0.15, 0.2) is 28.6 Å². The molecule has 0 saturated carbocycles. The van der Waals surface area contributed by atoms with Crippen molar-refractivity contribution in [2.45, 2.75) is 13.3 Å². The average molecular weight is 247 g/mol. The predicted molar refractivity (Wildman–Crippen MR) is 61.9 cm³/mol. The number of hydrogen-bond donors (Lipinski definition) is 0. The molecule has 3 heterocycles. The molecule has 0 aliphatic rings. The van der Waals surface area contributed by atoms with Gasteiger partial charge in [-0.05, 0) is 0 Å². The minimum atomic E-state index is 0.442. The van der Waals surface area contributed by atoms with Crippen LogP contribution in [-0.2, 0) is 6.42 Å². The Morgan fingerprint density at radius 2 is 2.35 bits per heavy atom. The van der Waals surface area contributed by atoms with Crippen LogP contribution in [0.4, 0.5) is 0 Å². The number of nitrogens with zero attached hydrogens (tertiary/aromatic N) is 5. The lowest BCUT2D eigenvalue weighted by molar-refractivity contribution is 0.422. The summed E-state index contributed by atoms with van der Waals surface area (Å²) in [5.74, 6) is 1.13. The van der Waals surface area contributed by atoms with E-state index in [1.165, 1.54) is 11.3 Å². The van der Waals surface area contributed by atoms with E-state index in [0.717, 1.165) is 11.6 Å². The van der Waals surface area contributed by atoms with Gasteiger partial charge in [-0.3, -0.25) is 4.57 Å². The molecule has 0 aliphatic heterocycles. The molecular formula is C10H9N5OS. The van der Waals surface area contributed by atoms with Crippen LogP contribution in [-0.4, -0.2) is 24.7 Å². The topological polar surface area (TPSA) is 69.6 Å². The predicted octanol–water partition coefficient (Wildman–Crippen LogP) is 1.94. The van der Waals surface area contributed by atoms with Gasteiger partial charge >= 0.3 is 0 Å². The number of rotatable bonds is 3. The molecule has 0 saturated heterocycles. The first-order valence-electron chi connectivity index (χ1n) is 5.13. The van der Waals surface area contributed by atoms with Gasteiger partial charge in [-0.15, -0.1) is 11.3 Å². The maximum Gasteiger partial charge on any atom is 0.278 e. The summed E-state index contributed by atoms with van der Waals surface area (Å²) >= 11 is 1.54. The third-order valence-electron chi connectivity index (χ3n) is 2.23. The molecule has 3 rings (SSSR count). The lowest BCUT2D eigenvalue weighted by Gasteiger charge is -1.91. The smallest absolute Gasteiger partial charge is 0.278 e. The largest absolute Gasteiger partial charge is 0.332 e. The van der Waals surface area contributed by atoms with Gasteiger partial charge in [-0.2, -0.15) is 4.98 Å². The zero-order valence-corrected chi connectivity index (χ0v) is 9.89. The molecule has 0 N–H and O–H groups in total. The molecule has 0 fully saturated rings. The van der Waals surface area contributed by atoms with Crippen molar-refractivity contribution in [2.24, 2.45) is 0 Å². The fraction of sp³-hybridized carbons (Fsp3) is 0.200. The third kappa shape index (κ3) is 1.84. The summed E-state index contributed by atoms with van der Waals surface area (Å²) in [4.78, 5) is 12.6. The first kappa shape index (κ1) is 10.2. The molecule has 3 aromatic rings. The van der Waals surface area contributed by atoms with Crippen molar-refractivity contribution in [1.82, 2.24) is 24.7 Å². The molecule has 0 amide bonds. The Balaban J connectivity index is 1.94. The Morgan fingerprint density at radius 3 is 3.06 bits per heavy atom. The molecule has 7 heteroatoms. The quantitative estimate of drug-likeness (QED) is 0.707. The monoisotopic (exact) mass is 247 g/mol. The van der Waals surface area contributed by atoms with Crippen molar-refractivity contribution in [3.8, 4) is 16.7 Å². The number of hydrogen-bond acceptors (Lipinski definition) is 6. The summed E-state index contributed by atoms with van der Waals surface area (Å²) in [7, 11) is 0. The Bertz CT molecular complexity index is 612. The van der Waals surface area contributed by atoms with Gasteiger partial charge in [0.1, 0.15) is 12.0 Å². The molecule has 0 aliphatic carbocycles. The number of aromatic nitrogens is 5. The van der Waals surface area contributed by atoms with E-state index >= 15 is 0 Å². The average Bonchev–Trinajstić information content (AvgIpc) is 3.09. The van der Waals surface area contributed by atoms with Crippen LogP contribution >= 0.6 is 11.3 Å². The van der Waals surface area contributed by atoms with E-state index in [4.69, 9.17) is 4.52 Å². The summed E-state index contributed by atoms with van der Waals surface area (Å²) in [6.45, 7) is 1.98. The van der Waals surface area contributed by atoms with Crippen molar-refractivity contribution in [3.63, 3.8) is 0 Å². The van der Waals surface area contributed by atoms with Crippen LogP contribution in [0.3, 0.4) is 0 Å². The zero-order chi connectivity index (χ0) is 11.7. The van der Waals surface area contributed by atoms with Crippen molar-refractivity contribution >= 4 is 11.3 Å². The number of aryl methyl sites for hydroxylation is 1. The standard InChI is InChI=1S/C10H9N5OS/c1-2-8-13-9(16-14-8)7-5-15(6-12-7)10-11-3-4-17-10/h3-6H,2H2,1H3. The zero-order valence-electron chi connectivity index (χ0n) is 9.07. The molecular weight excluding hydrogens is 238 g/mol. The van der Waals surface area contributed by atoms with Gasteiger partial charge in [0, 0.05) is 24.2 Å². The molecule has 86 valence electrons. The van der Waals surface area contributed by atoms with Gasteiger partial charge in [0.2, 0.25) is 0 Å². The van der Waals surface area contributed by atoms with Crippen LogP contribution in [0.5, 0.6) is 0 Å². The highest BCUT2D eigenvalue weighted by molar-refractivity contribution is 7.12. The summed E-state index contributed by atoms with van der Waals surface area (Å²) in [6.07, 6.45) is 6.01. The molecule has 0 atom stereocenters. The van der Waals surface area contributed by atoms with Crippen LogP contribution < -0.4 is 0 Å². The molecule has 0 radical (unpaired) electrons. The molecule has 17 heavy (non-hydrogen) atoms. The van der Waals surface area contributed by atoms with Gasteiger partial charge < -0.3 is 4.52 Å². The van der Waals surface area contributed by atoms with E-state index in [-0.39, 0.29) is 0 Å². The van der Waals surface area contributed by atoms with Gasteiger partial charge in [0.05, 0.1) is 0 Å². The van der Waals surface area contributed by atoms with Crippen LogP contribution in [0, 0.1) is 0 Å². The Kier molecular flexibility index (Phi) is 2.45. The highest BCUT2D eigenvalue weighted by Gasteiger charge is 2.11. The second-order valence-corrected chi connectivity index (χ2v) is 4.22. The maximum atomic E-state index is 5.12. The lowest BCUT2D eigenvalue weighted by Crippen LogP contribution is -1.86. The fourth-order valence-electron chi connectivity index (χ4n) is 1.38. The minimum absolute atomic E-state index is 0.442. The van der Waals surface area contributed by atoms with E-state index in [1.54, 1.807) is 12.5 Å². The van der Waals surface area contributed by atoms with Crippen LogP contribution in [0.25, 0.3) is 16.7 Å². The third-order valence-corrected chi connectivity index (χ3v) is 3.01. The summed E-state index contributed by atoms with van der Waals surface area (Å²) in [6, 6.07) is 0. The summed E-state index contributed by atoms with van der Waals surface area (Å²) < 4.78 is 6.95. The number of thiazole rings is 1. The summed E-state index contributed by atoms with van der Waals surface area (Å²) in [5, 5.41) is 6.61. The molecule has 6 nitrogen and oxygen atoms in total. The van der Waals surface area contributed by atoms with Gasteiger partial charge in [-0.25, -0.2) is 9.97 Å². The van der Waals surface area contributed by atoms with Crippen LogP contribution in [0.1, 0.15) is 12.7 Å². The van der Waals surface area contributed by atoms with E-state index in [0.29, 0.717) is 17.4 Å². The minimum Gasteiger partial charge on any atom is -0.332 e. The van der Waals surface area contributed by atoms with E-state index in [1.807, 2.05) is 23.1 Å². The molecule has 0 bridgehead atoms. The highest BCUT2D eigenvalue weighted by Crippen LogP contribution is 2.18. The Morgan fingerprint density at radius 1 is 1.41 bits per heavy atom. The fourth-order valence-corrected chi connectivity index (χ4v) is 1.97. The van der Waals surface area contributed by atoms with Gasteiger partial charge in [0.15, 0.2) is 11.0 Å². The second kappa shape index (κ2) is 4.10. The van der Waals surface area contributed by atoms with Gasteiger partial charge in [-0.1, -0.05) is 12.1 Å².